The number of carbonyl (C=O) groups excluding carboxylic acids is 2. The molecule has 1 aromatic carbocycles. The summed E-state index contributed by atoms with van der Waals surface area (Å²) in [5.74, 6) is 0.774. The van der Waals surface area contributed by atoms with E-state index in [-0.39, 0.29) is 17.9 Å². The average Bonchev–Trinajstić information content (AvgIpc) is 3.33. The Kier molecular flexibility index (Phi) is 6.64. The van der Waals surface area contributed by atoms with Crippen LogP contribution in [0.15, 0.2) is 36.5 Å². The molecule has 0 atom stereocenters. The van der Waals surface area contributed by atoms with E-state index < -0.39 is 0 Å². The van der Waals surface area contributed by atoms with Crippen molar-refractivity contribution in [3.8, 4) is 5.75 Å². The molecule has 31 heavy (non-hydrogen) atoms. The molecule has 2 aliphatic heterocycles. The van der Waals surface area contributed by atoms with Crippen LogP contribution < -0.4 is 4.74 Å². The Morgan fingerprint density at radius 1 is 1.00 bits per heavy atom. The molecule has 8 heteroatoms. The molecule has 0 saturated carbocycles. The van der Waals surface area contributed by atoms with E-state index in [1.807, 2.05) is 40.1 Å². The molecule has 0 N–H and O–H groups in total. The molecule has 0 radical (unpaired) electrons. The van der Waals surface area contributed by atoms with Crippen LogP contribution in [0.1, 0.15) is 54.2 Å². The van der Waals surface area contributed by atoms with Gasteiger partial charge in [0.05, 0.1) is 19.3 Å². The molecule has 0 bridgehead atoms. The molecule has 164 valence electrons. The van der Waals surface area contributed by atoms with E-state index in [2.05, 4.69) is 10.3 Å². The van der Waals surface area contributed by atoms with Gasteiger partial charge in [0, 0.05) is 32.3 Å². The second-order valence-corrected chi connectivity index (χ2v) is 8.10. The molecule has 2 aromatic rings. The number of piperidine rings is 2. The van der Waals surface area contributed by atoms with Crippen LogP contribution in [-0.2, 0) is 4.79 Å². The quantitative estimate of drug-likeness (QED) is 0.691. The van der Waals surface area contributed by atoms with Crippen molar-refractivity contribution < 1.29 is 14.3 Å². The summed E-state index contributed by atoms with van der Waals surface area (Å²) in [6.07, 6.45) is 10.1. The zero-order chi connectivity index (χ0) is 21.6. The van der Waals surface area contributed by atoms with E-state index in [1.54, 1.807) is 24.1 Å². The Hall–Kier alpha value is -3.16. The summed E-state index contributed by atoms with van der Waals surface area (Å²) in [4.78, 5) is 28.9. The van der Waals surface area contributed by atoms with Crippen molar-refractivity contribution >= 4 is 17.9 Å². The zero-order valence-corrected chi connectivity index (χ0v) is 17.9. The van der Waals surface area contributed by atoms with E-state index in [9.17, 15) is 9.59 Å². The lowest BCUT2D eigenvalue weighted by Crippen LogP contribution is -2.38. The highest BCUT2D eigenvalue weighted by Crippen LogP contribution is 2.23. The van der Waals surface area contributed by atoms with Crippen molar-refractivity contribution in [3.63, 3.8) is 0 Å². The standard InChI is InChI=1S/C23H29N5O3/c1-31-20-8-5-18(6-9-20)7-10-22(29)26-15-11-19(12-16-26)28-17-21(24-25-28)23(30)27-13-3-2-4-14-27/h5-10,17,19H,2-4,11-16H2,1H3. The summed E-state index contributed by atoms with van der Waals surface area (Å²) in [7, 11) is 1.63. The molecule has 0 spiro atoms. The third-order valence-corrected chi connectivity index (χ3v) is 6.06. The van der Waals surface area contributed by atoms with E-state index in [1.165, 1.54) is 6.42 Å². The number of amides is 2. The van der Waals surface area contributed by atoms with Crippen LogP contribution in [0.3, 0.4) is 0 Å². The normalized spacial score (nSPS) is 17.8. The van der Waals surface area contributed by atoms with Crippen LogP contribution >= 0.6 is 0 Å². The Morgan fingerprint density at radius 2 is 1.71 bits per heavy atom. The van der Waals surface area contributed by atoms with Gasteiger partial charge in [-0.15, -0.1) is 5.10 Å². The van der Waals surface area contributed by atoms with Crippen molar-refractivity contribution in [3.05, 3.63) is 47.8 Å². The molecule has 8 nitrogen and oxygen atoms in total. The van der Waals surface area contributed by atoms with Crippen molar-refractivity contribution in [1.82, 2.24) is 24.8 Å². The highest BCUT2D eigenvalue weighted by Gasteiger charge is 2.26. The Morgan fingerprint density at radius 3 is 2.39 bits per heavy atom. The minimum absolute atomic E-state index is 0.00817. The van der Waals surface area contributed by atoms with Crippen LogP contribution in [0.25, 0.3) is 6.08 Å². The van der Waals surface area contributed by atoms with Gasteiger partial charge in [-0.1, -0.05) is 17.3 Å². The minimum Gasteiger partial charge on any atom is -0.497 e. The molecule has 2 aliphatic rings. The van der Waals surface area contributed by atoms with Crippen LogP contribution in [0.5, 0.6) is 5.75 Å². The first kappa shape index (κ1) is 21.1. The second kappa shape index (κ2) is 9.76. The highest BCUT2D eigenvalue weighted by atomic mass is 16.5. The molecule has 2 fully saturated rings. The fourth-order valence-electron chi connectivity index (χ4n) is 4.15. The Labute approximate surface area is 182 Å². The van der Waals surface area contributed by atoms with Gasteiger partial charge in [-0.25, -0.2) is 4.68 Å². The van der Waals surface area contributed by atoms with Gasteiger partial charge in [-0.3, -0.25) is 9.59 Å². The molecule has 2 amide bonds. The summed E-state index contributed by atoms with van der Waals surface area (Å²) < 4.78 is 6.95. The second-order valence-electron chi connectivity index (χ2n) is 8.10. The number of aromatic nitrogens is 3. The summed E-state index contributed by atoms with van der Waals surface area (Å²) in [6.45, 7) is 2.92. The number of benzene rings is 1. The highest BCUT2D eigenvalue weighted by molar-refractivity contribution is 5.92. The lowest BCUT2D eigenvalue weighted by molar-refractivity contribution is -0.127. The number of methoxy groups -OCH3 is 1. The summed E-state index contributed by atoms with van der Waals surface area (Å²) in [6, 6.07) is 7.74. The van der Waals surface area contributed by atoms with Crippen molar-refractivity contribution in [2.75, 3.05) is 33.3 Å². The molecular formula is C23H29N5O3. The average molecular weight is 424 g/mol. The Balaban J connectivity index is 1.29. The van der Waals surface area contributed by atoms with Crippen molar-refractivity contribution in [2.24, 2.45) is 0 Å². The lowest BCUT2D eigenvalue weighted by Gasteiger charge is -2.31. The first-order valence-corrected chi connectivity index (χ1v) is 11.0. The van der Waals surface area contributed by atoms with Gasteiger partial charge in [0.15, 0.2) is 5.69 Å². The van der Waals surface area contributed by atoms with Crippen molar-refractivity contribution in [1.29, 1.82) is 0 Å². The van der Waals surface area contributed by atoms with Crippen molar-refractivity contribution in [2.45, 2.75) is 38.1 Å². The van der Waals surface area contributed by atoms with E-state index in [0.29, 0.717) is 18.8 Å². The maximum atomic E-state index is 12.6. The number of hydrogen-bond donors (Lipinski definition) is 0. The number of rotatable bonds is 5. The predicted molar refractivity (Wildman–Crippen MR) is 117 cm³/mol. The number of hydrogen-bond acceptors (Lipinski definition) is 5. The predicted octanol–water partition coefficient (Wildman–Crippen LogP) is 2.79. The lowest BCUT2D eigenvalue weighted by atomic mass is 10.0. The monoisotopic (exact) mass is 423 g/mol. The Bertz CT molecular complexity index is 923. The van der Waals surface area contributed by atoms with Crippen LogP contribution in [-0.4, -0.2) is 69.9 Å². The molecule has 3 heterocycles. The smallest absolute Gasteiger partial charge is 0.276 e. The minimum atomic E-state index is -0.0257. The van der Waals surface area contributed by atoms with Gasteiger partial charge in [-0.05, 0) is 55.9 Å². The number of ether oxygens (including phenoxy) is 1. The van der Waals surface area contributed by atoms with Crippen LogP contribution in [0.4, 0.5) is 0 Å². The van der Waals surface area contributed by atoms with Gasteiger partial charge in [0.1, 0.15) is 5.75 Å². The first-order chi connectivity index (χ1) is 15.1. The molecule has 1 aromatic heterocycles. The van der Waals surface area contributed by atoms with Gasteiger partial charge in [0.2, 0.25) is 5.91 Å². The number of nitrogens with zero attached hydrogens (tertiary/aromatic N) is 5. The molecule has 0 aliphatic carbocycles. The fraction of sp³-hybridized carbons (Fsp3) is 0.478. The summed E-state index contributed by atoms with van der Waals surface area (Å²) >= 11 is 0. The van der Waals surface area contributed by atoms with E-state index in [0.717, 1.165) is 50.1 Å². The molecule has 0 unspecified atom stereocenters. The number of likely N-dealkylation sites (tertiary alicyclic amines) is 2. The van der Waals surface area contributed by atoms with Gasteiger partial charge < -0.3 is 14.5 Å². The van der Waals surface area contributed by atoms with Crippen LogP contribution in [0, 0.1) is 0 Å². The largest absolute Gasteiger partial charge is 0.497 e. The third-order valence-electron chi connectivity index (χ3n) is 6.06. The molecule has 2 saturated heterocycles. The maximum Gasteiger partial charge on any atom is 0.276 e. The van der Waals surface area contributed by atoms with Gasteiger partial charge in [0.25, 0.3) is 5.91 Å². The molecule has 4 rings (SSSR count). The summed E-state index contributed by atoms with van der Waals surface area (Å²) in [5, 5.41) is 8.32. The number of carbonyl (C=O) groups is 2. The van der Waals surface area contributed by atoms with Gasteiger partial charge >= 0.3 is 0 Å². The fourth-order valence-corrected chi connectivity index (χ4v) is 4.15. The third kappa shape index (κ3) is 5.13. The summed E-state index contributed by atoms with van der Waals surface area (Å²) in [5.41, 5.74) is 1.38. The first-order valence-electron chi connectivity index (χ1n) is 11.0. The zero-order valence-electron chi connectivity index (χ0n) is 17.9. The van der Waals surface area contributed by atoms with Crippen LogP contribution in [0.2, 0.25) is 0 Å². The maximum absolute atomic E-state index is 12.6. The molecular weight excluding hydrogens is 394 g/mol. The SMILES string of the molecule is COc1ccc(C=CC(=O)N2CCC(n3cc(C(=O)N4CCCCC4)nn3)CC2)cc1. The van der Waals surface area contributed by atoms with E-state index in [4.69, 9.17) is 4.74 Å². The van der Waals surface area contributed by atoms with E-state index >= 15 is 0 Å². The van der Waals surface area contributed by atoms with Gasteiger partial charge in [-0.2, -0.15) is 0 Å². The topological polar surface area (TPSA) is 80.6 Å².